The molecule has 1 fully saturated rings. The average Bonchev–Trinajstić information content (AvgIpc) is 3.30. The number of carbonyl (C=O) groups excluding carboxylic acids is 1. The molecule has 2 N–H and O–H groups in total. The minimum Gasteiger partial charge on any atom is -0.472 e. The van der Waals surface area contributed by atoms with Gasteiger partial charge in [-0.05, 0) is 24.1 Å². The predicted molar refractivity (Wildman–Crippen MR) is 124 cm³/mol. The molecule has 1 saturated heterocycles. The van der Waals surface area contributed by atoms with Crippen molar-refractivity contribution in [1.29, 1.82) is 0 Å². The first-order valence-corrected chi connectivity index (χ1v) is 9.67. The van der Waals surface area contributed by atoms with Crippen molar-refractivity contribution in [2.45, 2.75) is 24.9 Å². The van der Waals surface area contributed by atoms with Crippen LogP contribution in [0.15, 0.2) is 53.7 Å². The van der Waals surface area contributed by atoms with Gasteiger partial charge in [-0.1, -0.05) is 24.3 Å². The summed E-state index contributed by atoms with van der Waals surface area (Å²) in [5.41, 5.74) is 2.00. The fourth-order valence-corrected chi connectivity index (χ4v) is 3.83. The van der Waals surface area contributed by atoms with Gasteiger partial charge in [0.2, 0.25) is 11.8 Å². The molecule has 0 bridgehead atoms. The first kappa shape index (κ1) is 21.4. The number of nitrogens with one attached hydrogen (secondary N) is 2. The number of halogens is 1. The van der Waals surface area contributed by atoms with E-state index in [1.165, 1.54) is 0 Å². The highest BCUT2D eigenvalue weighted by atomic mass is 127. The van der Waals surface area contributed by atoms with Crippen molar-refractivity contribution in [2.24, 2.45) is 4.99 Å². The molecule has 7 nitrogen and oxygen atoms in total. The molecule has 1 aromatic heterocycles. The highest BCUT2D eigenvalue weighted by Gasteiger charge is 2.30. The van der Waals surface area contributed by atoms with E-state index >= 15 is 0 Å². The molecule has 0 aliphatic carbocycles. The van der Waals surface area contributed by atoms with Gasteiger partial charge in [-0.25, -0.2) is 4.98 Å². The van der Waals surface area contributed by atoms with Crippen LogP contribution in [0.25, 0.3) is 0 Å². The standard InChI is InChI=1S/C21H25N5O2.HI/c1-22-21(26-13-10-15(14-26)28-19-8-4-5-11-23-19)24-12-9-17-16-6-2-3-7-18(16)25-20(17)27;/h2-8,11,15,17H,9-10,12-14H2,1H3,(H,22,24)(H,25,27);1H. The zero-order valence-corrected chi connectivity index (χ0v) is 18.7. The molecule has 0 saturated carbocycles. The molecule has 8 heteroatoms. The molecule has 1 amide bonds. The first-order valence-electron chi connectivity index (χ1n) is 9.67. The molecule has 2 aliphatic rings. The lowest BCUT2D eigenvalue weighted by Gasteiger charge is -2.22. The molecule has 2 atom stereocenters. The number of carbonyl (C=O) groups is 1. The van der Waals surface area contributed by atoms with Crippen LogP contribution in [0.3, 0.4) is 0 Å². The number of hydrogen-bond donors (Lipinski definition) is 2. The van der Waals surface area contributed by atoms with Gasteiger partial charge < -0.3 is 20.3 Å². The topological polar surface area (TPSA) is 78.9 Å². The molecule has 0 spiro atoms. The van der Waals surface area contributed by atoms with E-state index in [1.54, 1.807) is 13.2 Å². The van der Waals surface area contributed by atoms with Crippen LogP contribution >= 0.6 is 24.0 Å². The van der Waals surface area contributed by atoms with Gasteiger partial charge in [-0.15, -0.1) is 24.0 Å². The van der Waals surface area contributed by atoms with Crippen LogP contribution < -0.4 is 15.4 Å². The number of aromatic nitrogens is 1. The number of guanidine groups is 1. The smallest absolute Gasteiger partial charge is 0.232 e. The van der Waals surface area contributed by atoms with Crippen molar-refractivity contribution in [1.82, 2.24) is 15.2 Å². The van der Waals surface area contributed by atoms with Crippen LogP contribution in [-0.2, 0) is 4.79 Å². The number of rotatable bonds is 5. The average molecular weight is 507 g/mol. The highest BCUT2D eigenvalue weighted by molar-refractivity contribution is 14.0. The summed E-state index contributed by atoms with van der Waals surface area (Å²) in [4.78, 5) is 23.1. The van der Waals surface area contributed by atoms with E-state index < -0.39 is 0 Å². The summed E-state index contributed by atoms with van der Waals surface area (Å²) in [6.45, 7) is 2.33. The van der Waals surface area contributed by atoms with Crippen LogP contribution in [0, 0.1) is 0 Å². The third-order valence-corrected chi connectivity index (χ3v) is 5.21. The quantitative estimate of drug-likeness (QED) is 0.370. The minimum absolute atomic E-state index is 0. The van der Waals surface area contributed by atoms with Gasteiger partial charge in [0.25, 0.3) is 0 Å². The van der Waals surface area contributed by atoms with Gasteiger partial charge in [0.15, 0.2) is 5.96 Å². The molecule has 4 rings (SSSR count). The molecular formula is C21H26IN5O2. The third-order valence-electron chi connectivity index (χ3n) is 5.21. The summed E-state index contributed by atoms with van der Waals surface area (Å²) >= 11 is 0. The molecule has 0 radical (unpaired) electrons. The van der Waals surface area contributed by atoms with Gasteiger partial charge >= 0.3 is 0 Å². The Balaban J connectivity index is 0.00000240. The number of ether oxygens (including phenoxy) is 1. The fourth-order valence-electron chi connectivity index (χ4n) is 3.83. The Morgan fingerprint density at radius 1 is 1.31 bits per heavy atom. The molecule has 2 unspecified atom stereocenters. The van der Waals surface area contributed by atoms with Gasteiger partial charge in [0.1, 0.15) is 6.10 Å². The normalized spacial score (nSPS) is 20.7. The molecule has 1 aromatic carbocycles. The monoisotopic (exact) mass is 507 g/mol. The second-order valence-electron chi connectivity index (χ2n) is 7.03. The molecule has 154 valence electrons. The van der Waals surface area contributed by atoms with E-state index in [0.717, 1.165) is 43.1 Å². The van der Waals surface area contributed by atoms with E-state index in [0.29, 0.717) is 12.4 Å². The minimum atomic E-state index is -0.111. The fraction of sp³-hybridized carbons (Fsp3) is 0.381. The van der Waals surface area contributed by atoms with Crippen LogP contribution in [0.5, 0.6) is 5.88 Å². The number of pyridine rings is 1. The van der Waals surface area contributed by atoms with E-state index in [9.17, 15) is 4.79 Å². The van der Waals surface area contributed by atoms with Crippen molar-refractivity contribution in [3.63, 3.8) is 0 Å². The first-order chi connectivity index (χ1) is 13.7. The van der Waals surface area contributed by atoms with Crippen molar-refractivity contribution in [3.05, 3.63) is 54.2 Å². The zero-order chi connectivity index (χ0) is 19.3. The maximum atomic E-state index is 12.2. The summed E-state index contributed by atoms with van der Waals surface area (Å²) in [6.07, 6.45) is 3.49. The number of nitrogens with zero attached hydrogens (tertiary/aromatic N) is 3. The third kappa shape index (κ3) is 4.98. The van der Waals surface area contributed by atoms with Crippen molar-refractivity contribution in [2.75, 3.05) is 32.0 Å². The summed E-state index contributed by atoms with van der Waals surface area (Å²) in [7, 11) is 1.78. The lowest BCUT2D eigenvalue weighted by atomic mass is 9.97. The van der Waals surface area contributed by atoms with Gasteiger partial charge in [0, 0.05) is 44.5 Å². The molecule has 2 aromatic rings. The second-order valence-corrected chi connectivity index (χ2v) is 7.03. The summed E-state index contributed by atoms with van der Waals surface area (Å²) in [6, 6.07) is 13.6. The van der Waals surface area contributed by atoms with Crippen molar-refractivity contribution in [3.8, 4) is 5.88 Å². The summed E-state index contributed by atoms with van der Waals surface area (Å²) < 4.78 is 5.95. The van der Waals surface area contributed by atoms with E-state index in [4.69, 9.17) is 4.74 Å². The number of aliphatic imine (C=N–C) groups is 1. The molecule has 29 heavy (non-hydrogen) atoms. The van der Waals surface area contributed by atoms with Crippen LogP contribution in [-0.4, -0.2) is 54.5 Å². The summed E-state index contributed by atoms with van der Waals surface area (Å²) in [5, 5.41) is 6.35. The van der Waals surface area contributed by atoms with E-state index in [-0.39, 0.29) is 41.9 Å². The Morgan fingerprint density at radius 3 is 2.93 bits per heavy atom. The van der Waals surface area contributed by atoms with Gasteiger partial charge in [-0.3, -0.25) is 9.79 Å². The van der Waals surface area contributed by atoms with E-state index in [1.807, 2.05) is 42.5 Å². The summed E-state index contributed by atoms with van der Waals surface area (Å²) in [5.74, 6) is 1.46. The van der Waals surface area contributed by atoms with Gasteiger partial charge in [-0.2, -0.15) is 0 Å². The largest absolute Gasteiger partial charge is 0.472 e. The Kier molecular flexibility index (Phi) is 7.29. The molecule has 3 heterocycles. The van der Waals surface area contributed by atoms with E-state index in [2.05, 4.69) is 25.5 Å². The maximum absolute atomic E-state index is 12.2. The van der Waals surface area contributed by atoms with Gasteiger partial charge in [0.05, 0.1) is 12.5 Å². The second kappa shape index (κ2) is 9.91. The van der Waals surface area contributed by atoms with Crippen molar-refractivity contribution < 1.29 is 9.53 Å². The SMILES string of the molecule is CN=C(NCCC1C(=O)Nc2ccccc21)N1CCC(Oc2ccccn2)C1.I. The van der Waals surface area contributed by atoms with Crippen LogP contribution in [0.1, 0.15) is 24.3 Å². The highest BCUT2D eigenvalue weighted by Crippen LogP contribution is 2.33. The Labute approximate surface area is 188 Å². The van der Waals surface area contributed by atoms with Crippen molar-refractivity contribution >= 4 is 41.5 Å². The number of fused-ring (bicyclic) bond motifs is 1. The Morgan fingerprint density at radius 2 is 2.14 bits per heavy atom. The Hall–Kier alpha value is -2.36. The lowest BCUT2D eigenvalue weighted by Crippen LogP contribution is -2.41. The predicted octanol–water partition coefficient (Wildman–Crippen LogP) is 2.85. The molecule has 2 aliphatic heterocycles. The van der Waals surface area contributed by atoms with Crippen LogP contribution in [0.2, 0.25) is 0 Å². The zero-order valence-electron chi connectivity index (χ0n) is 16.4. The number of benzene rings is 1. The lowest BCUT2D eigenvalue weighted by molar-refractivity contribution is -0.117. The number of hydrogen-bond acceptors (Lipinski definition) is 4. The Bertz CT molecular complexity index is 861. The number of para-hydroxylation sites is 1. The van der Waals surface area contributed by atoms with Crippen LogP contribution in [0.4, 0.5) is 5.69 Å². The maximum Gasteiger partial charge on any atom is 0.232 e. The number of amides is 1. The number of likely N-dealkylation sites (tertiary alicyclic amines) is 1. The number of anilines is 1. The molecular weight excluding hydrogens is 481 g/mol.